The Morgan fingerprint density at radius 3 is 2.74 bits per heavy atom. The lowest BCUT2D eigenvalue weighted by Gasteiger charge is -2.15. The van der Waals surface area contributed by atoms with Crippen molar-refractivity contribution >= 4 is 16.7 Å². The maximum atomic E-state index is 12.7. The molecule has 5 nitrogen and oxygen atoms in total. The number of nitrogens with one attached hydrogen (secondary N) is 1. The van der Waals surface area contributed by atoms with Crippen molar-refractivity contribution in [1.82, 2.24) is 5.32 Å². The predicted molar refractivity (Wildman–Crippen MR) is 103 cm³/mol. The Morgan fingerprint density at radius 1 is 1.11 bits per heavy atom. The molecule has 3 aromatic carbocycles. The average molecular weight is 363 g/mol. The van der Waals surface area contributed by atoms with Gasteiger partial charge in [0.05, 0.1) is 31.9 Å². The molecule has 1 atom stereocenters. The SMILES string of the molecule is COc1ccc2ccc3c(c2c1)OCC(COCc1ccccc1)NC3=O. The van der Waals surface area contributed by atoms with Crippen molar-refractivity contribution in [3.05, 3.63) is 71.8 Å². The van der Waals surface area contributed by atoms with E-state index in [1.165, 1.54) is 0 Å². The number of carbonyl (C=O) groups is 1. The number of ether oxygens (including phenoxy) is 3. The highest BCUT2D eigenvalue weighted by atomic mass is 16.5. The summed E-state index contributed by atoms with van der Waals surface area (Å²) in [6.07, 6.45) is 0. The summed E-state index contributed by atoms with van der Waals surface area (Å²) in [7, 11) is 1.62. The van der Waals surface area contributed by atoms with Crippen LogP contribution in [0.3, 0.4) is 0 Å². The minimum atomic E-state index is -0.214. The molecule has 0 aliphatic carbocycles. The summed E-state index contributed by atoms with van der Waals surface area (Å²) in [5.74, 6) is 1.17. The Balaban J connectivity index is 1.50. The van der Waals surface area contributed by atoms with Crippen LogP contribution in [0.25, 0.3) is 10.8 Å². The Bertz CT molecular complexity index is 955. The molecule has 0 fully saturated rings. The monoisotopic (exact) mass is 363 g/mol. The van der Waals surface area contributed by atoms with E-state index in [-0.39, 0.29) is 11.9 Å². The zero-order valence-electron chi connectivity index (χ0n) is 15.1. The second-order valence-electron chi connectivity index (χ2n) is 6.51. The summed E-state index contributed by atoms with van der Waals surface area (Å²) < 4.78 is 17.1. The van der Waals surface area contributed by atoms with Crippen molar-refractivity contribution < 1.29 is 19.0 Å². The molecule has 0 saturated carbocycles. The fourth-order valence-corrected chi connectivity index (χ4v) is 3.20. The average Bonchev–Trinajstić information content (AvgIpc) is 2.87. The molecule has 0 radical (unpaired) electrons. The molecule has 138 valence electrons. The zero-order valence-corrected chi connectivity index (χ0v) is 15.1. The number of methoxy groups -OCH3 is 1. The molecular formula is C22H21NO4. The normalized spacial score (nSPS) is 16.2. The smallest absolute Gasteiger partial charge is 0.255 e. The Labute approximate surface area is 157 Å². The minimum Gasteiger partial charge on any atom is -0.497 e. The minimum absolute atomic E-state index is 0.152. The fourth-order valence-electron chi connectivity index (χ4n) is 3.20. The number of fused-ring (bicyclic) bond motifs is 3. The van der Waals surface area contributed by atoms with Crippen LogP contribution in [0.2, 0.25) is 0 Å². The number of rotatable bonds is 5. The van der Waals surface area contributed by atoms with E-state index in [9.17, 15) is 4.79 Å². The molecule has 3 aromatic rings. The lowest BCUT2D eigenvalue weighted by Crippen LogP contribution is -2.40. The summed E-state index contributed by atoms with van der Waals surface area (Å²) >= 11 is 0. The van der Waals surface area contributed by atoms with Gasteiger partial charge in [-0.2, -0.15) is 0 Å². The molecule has 1 heterocycles. The highest BCUT2D eigenvalue weighted by molar-refractivity contribution is 6.04. The zero-order chi connectivity index (χ0) is 18.6. The molecule has 1 N–H and O–H groups in total. The summed E-state index contributed by atoms with van der Waals surface area (Å²) in [6, 6.07) is 19.2. The maximum Gasteiger partial charge on any atom is 0.255 e. The van der Waals surface area contributed by atoms with Crippen LogP contribution in [0.5, 0.6) is 11.5 Å². The second-order valence-corrected chi connectivity index (χ2v) is 6.51. The van der Waals surface area contributed by atoms with E-state index >= 15 is 0 Å². The van der Waals surface area contributed by atoms with Gasteiger partial charge in [-0.05, 0) is 29.1 Å². The lowest BCUT2D eigenvalue weighted by molar-refractivity contribution is 0.0741. The third-order valence-corrected chi connectivity index (χ3v) is 4.62. The third kappa shape index (κ3) is 3.73. The van der Waals surface area contributed by atoms with E-state index in [0.717, 1.165) is 22.1 Å². The predicted octanol–water partition coefficient (Wildman–Crippen LogP) is 3.56. The van der Waals surface area contributed by atoms with Gasteiger partial charge in [-0.15, -0.1) is 0 Å². The van der Waals surface area contributed by atoms with Crippen LogP contribution in [0, 0.1) is 0 Å². The van der Waals surface area contributed by atoms with E-state index < -0.39 is 0 Å². The maximum absolute atomic E-state index is 12.7. The number of hydrogen-bond acceptors (Lipinski definition) is 4. The highest BCUT2D eigenvalue weighted by Crippen LogP contribution is 2.33. The molecule has 1 aliphatic rings. The van der Waals surface area contributed by atoms with Crippen LogP contribution in [0.15, 0.2) is 60.7 Å². The highest BCUT2D eigenvalue weighted by Gasteiger charge is 2.24. The fraction of sp³-hybridized carbons (Fsp3) is 0.227. The first-order valence-electron chi connectivity index (χ1n) is 8.90. The van der Waals surface area contributed by atoms with Gasteiger partial charge in [0.15, 0.2) is 0 Å². The first-order valence-corrected chi connectivity index (χ1v) is 8.90. The lowest BCUT2D eigenvalue weighted by atomic mass is 10.0. The largest absolute Gasteiger partial charge is 0.497 e. The van der Waals surface area contributed by atoms with Gasteiger partial charge in [-0.3, -0.25) is 4.79 Å². The Hall–Kier alpha value is -3.05. The summed E-state index contributed by atoms with van der Waals surface area (Å²) in [4.78, 5) is 12.7. The standard InChI is InChI=1S/C22H21NO4/c1-25-18-9-7-16-8-10-19-21(20(16)11-18)27-14-17(23-22(19)24)13-26-12-15-5-3-2-4-6-15/h2-11,17H,12-14H2,1H3,(H,23,24). The molecule has 1 aliphatic heterocycles. The summed E-state index contributed by atoms with van der Waals surface area (Å²) in [6.45, 7) is 1.24. The van der Waals surface area contributed by atoms with Gasteiger partial charge in [0.25, 0.3) is 5.91 Å². The molecule has 1 amide bonds. The van der Waals surface area contributed by atoms with Crippen LogP contribution in [-0.4, -0.2) is 32.3 Å². The van der Waals surface area contributed by atoms with Crippen molar-refractivity contribution in [3.63, 3.8) is 0 Å². The summed E-state index contributed by atoms with van der Waals surface area (Å²) in [5.41, 5.74) is 1.63. The van der Waals surface area contributed by atoms with Crippen molar-refractivity contribution in [2.24, 2.45) is 0 Å². The van der Waals surface area contributed by atoms with Crippen molar-refractivity contribution in [2.75, 3.05) is 20.3 Å². The van der Waals surface area contributed by atoms with E-state index in [2.05, 4.69) is 5.32 Å². The number of benzene rings is 3. The van der Waals surface area contributed by atoms with Gasteiger partial charge < -0.3 is 19.5 Å². The van der Waals surface area contributed by atoms with Crippen LogP contribution in [-0.2, 0) is 11.3 Å². The number of amides is 1. The first-order chi connectivity index (χ1) is 13.2. The Morgan fingerprint density at radius 2 is 1.93 bits per heavy atom. The van der Waals surface area contributed by atoms with Gasteiger partial charge in [-0.1, -0.05) is 42.5 Å². The van der Waals surface area contributed by atoms with Gasteiger partial charge in [0.2, 0.25) is 0 Å². The third-order valence-electron chi connectivity index (χ3n) is 4.62. The van der Waals surface area contributed by atoms with Crippen LogP contribution >= 0.6 is 0 Å². The van der Waals surface area contributed by atoms with Crippen LogP contribution < -0.4 is 14.8 Å². The second kappa shape index (κ2) is 7.68. The molecule has 4 rings (SSSR count). The van der Waals surface area contributed by atoms with Crippen molar-refractivity contribution in [3.8, 4) is 11.5 Å². The molecule has 1 unspecified atom stereocenters. The molecule has 27 heavy (non-hydrogen) atoms. The van der Waals surface area contributed by atoms with E-state index in [1.54, 1.807) is 13.2 Å². The van der Waals surface area contributed by atoms with Gasteiger partial charge in [0.1, 0.15) is 18.1 Å². The van der Waals surface area contributed by atoms with Crippen LogP contribution in [0.1, 0.15) is 15.9 Å². The van der Waals surface area contributed by atoms with E-state index in [0.29, 0.717) is 31.1 Å². The van der Waals surface area contributed by atoms with Crippen molar-refractivity contribution in [1.29, 1.82) is 0 Å². The molecule has 5 heteroatoms. The molecule has 0 aromatic heterocycles. The molecular weight excluding hydrogens is 342 g/mol. The van der Waals surface area contributed by atoms with Gasteiger partial charge >= 0.3 is 0 Å². The quantitative estimate of drug-likeness (QED) is 0.753. The molecule has 0 saturated heterocycles. The number of carbonyl (C=O) groups excluding carboxylic acids is 1. The van der Waals surface area contributed by atoms with Gasteiger partial charge in [0, 0.05) is 5.39 Å². The Kier molecular flexibility index (Phi) is 4.94. The number of hydrogen-bond donors (Lipinski definition) is 1. The summed E-state index contributed by atoms with van der Waals surface area (Å²) in [5, 5.41) is 4.86. The van der Waals surface area contributed by atoms with Gasteiger partial charge in [-0.25, -0.2) is 0 Å². The van der Waals surface area contributed by atoms with Crippen LogP contribution in [0.4, 0.5) is 0 Å². The first kappa shape index (κ1) is 17.4. The topological polar surface area (TPSA) is 56.8 Å². The van der Waals surface area contributed by atoms with E-state index in [4.69, 9.17) is 14.2 Å². The molecule has 0 bridgehead atoms. The van der Waals surface area contributed by atoms with Crippen molar-refractivity contribution in [2.45, 2.75) is 12.6 Å². The molecule has 0 spiro atoms. The van der Waals surface area contributed by atoms with E-state index in [1.807, 2.05) is 54.6 Å².